The molecule has 0 aliphatic heterocycles. The lowest BCUT2D eigenvalue weighted by Gasteiger charge is -2.09. The molecule has 0 atom stereocenters. The number of rotatable bonds is 2. The van der Waals surface area contributed by atoms with Gasteiger partial charge in [-0.3, -0.25) is 4.98 Å². The van der Waals surface area contributed by atoms with Crippen molar-refractivity contribution in [2.45, 2.75) is 0 Å². The van der Waals surface area contributed by atoms with Crippen molar-refractivity contribution >= 4 is 33.3 Å². The fourth-order valence-electron chi connectivity index (χ4n) is 3.60. The van der Waals surface area contributed by atoms with Crippen molar-refractivity contribution in [1.82, 2.24) is 4.98 Å². The lowest BCUT2D eigenvalue weighted by Crippen LogP contribution is -1.85. The summed E-state index contributed by atoms with van der Waals surface area (Å²) >= 11 is 6.23. The van der Waals surface area contributed by atoms with Gasteiger partial charge in [-0.1, -0.05) is 90.5 Å². The van der Waals surface area contributed by atoms with E-state index in [-0.39, 0.29) is 0 Å². The second kappa shape index (κ2) is 6.53. The minimum absolute atomic E-state index is 0.686. The van der Waals surface area contributed by atoms with Crippen LogP contribution < -0.4 is 0 Å². The maximum Gasteiger partial charge on any atom is 0.0888 e. The average molecular weight is 366 g/mol. The molecule has 2 heteroatoms. The van der Waals surface area contributed by atoms with Gasteiger partial charge < -0.3 is 0 Å². The second-order valence-corrected chi connectivity index (χ2v) is 7.05. The summed E-state index contributed by atoms with van der Waals surface area (Å²) in [5, 5.41) is 4.27. The third-order valence-electron chi connectivity index (χ3n) is 4.98. The monoisotopic (exact) mass is 365 g/mol. The van der Waals surface area contributed by atoms with E-state index in [4.69, 9.17) is 11.6 Å². The van der Waals surface area contributed by atoms with Crippen LogP contribution in [-0.4, -0.2) is 4.98 Å². The van der Waals surface area contributed by atoms with Crippen LogP contribution in [0.3, 0.4) is 0 Å². The zero-order chi connectivity index (χ0) is 18.2. The van der Waals surface area contributed by atoms with Gasteiger partial charge in [-0.05, 0) is 39.6 Å². The number of pyridine rings is 1. The zero-order valence-electron chi connectivity index (χ0n) is 14.6. The maximum absolute atomic E-state index is 6.23. The van der Waals surface area contributed by atoms with Gasteiger partial charge in [0.25, 0.3) is 0 Å². The lowest BCUT2D eigenvalue weighted by atomic mass is 9.96. The minimum atomic E-state index is 0.686. The van der Waals surface area contributed by atoms with E-state index < -0.39 is 0 Å². The molecule has 27 heavy (non-hydrogen) atoms. The molecular formula is C25H16ClN. The highest BCUT2D eigenvalue weighted by molar-refractivity contribution is 6.35. The van der Waals surface area contributed by atoms with Crippen molar-refractivity contribution in [1.29, 1.82) is 0 Å². The molecule has 1 heterocycles. The van der Waals surface area contributed by atoms with Crippen LogP contribution in [0.15, 0.2) is 97.2 Å². The summed E-state index contributed by atoms with van der Waals surface area (Å²) in [5.41, 5.74) is 5.55. The van der Waals surface area contributed by atoms with E-state index in [1.54, 1.807) is 0 Å². The van der Waals surface area contributed by atoms with Crippen LogP contribution in [-0.2, 0) is 0 Å². The van der Waals surface area contributed by atoms with E-state index >= 15 is 0 Å². The molecular weight excluding hydrogens is 350 g/mol. The zero-order valence-corrected chi connectivity index (χ0v) is 15.3. The first-order valence-electron chi connectivity index (χ1n) is 8.92. The summed E-state index contributed by atoms with van der Waals surface area (Å²) in [4.78, 5) is 4.55. The standard InChI is InChI=1S/C25H16ClN/c26-24-10-4-7-20-15-21(16-27-25(20)24)17-11-13-19(14-12-17)23-9-3-6-18-5-1-2-8-22(18)23/h1-16H. The van der Waals surface area contributed by atoms with Crippen molar-refractivity contribution in [3.8, 4) is 22.3 Å². The Morgan fingerprint density at radius 2 is 1.30 bits per heavy atom. The van der Waals surface area contributed by atoms with Crippen LogP contribution in [0.4, 0.5) is 0 Å². The van der Waals surface area contributed by atoms with Crippen LogP contribution in [0.2, 0.25) is 5.02 Å². The topological polar surface area (TPSA) is 12.9 Å². The quantitative estimate of drug-likeness (QED) is 0.318. The molecule has 0 bridgehead atoms. The number of aromatic nitrogens is 1. The summed E-state index contributed by atoms with van der Waals surface area (Å²) in [7, 11) is 0. The number of hydrogen-bond donors (Lipinski definition) is 0. The summed E-state index contributed by atoms with van der Waals surface area (Å²) < 4.78 is 0. The first kappa shape index (κ1) is 16.0. The third kappa shape index (κ3) is 2.87. The molecule has 0 saturated heterocycles. The van der Waals surface area contributed by atoms with Gasteiger partial charge in [0, 0.05) is 17.1 Å². The average Bonchev–Trinajstić information content (AvgIpc) is 2.73. The molecule has 0 aliphatic carbocycles. The van der Waals surface area contributed by atoms with E-state index in [0.717, 1.165) is 22.0 Å². The van der Waals surface area contributed by atoms with Crippen molar-refractivity contribution in [2.75, 3.05) is 0 Å². The Morgan fingerprint density at radius 3 is 2.19 bits per heavy atom. The molecule has 0 saturated carbocycles. The van der Waals surface area contributed by atoms with Gasteiger partial charge in [-0.2, -0.15) is 0 Å². The largest absolute Gasteiger partial charge is 0.254 e. The van der Waals surface area contributed by atoms with Crippen LogP contribution >= 0.6 is 11.6 Å². The normalized spacial score (nSPS) is 11.1. The van der Waals surface area contributed by atoms with E-state index in [1.807, 2.05) is 24.4 Å². The first-order valence-corrected chi connectivity index (χ1v) is 9.30. The highest BCUT2D eigenvalue weighted by Crippen LogP contribution is 2.31. The van der Waals surface area contributed by atoms with Crippen LogP contribution in [0.1, 0.15) is 0 Å². The molecule has 128 valence electrons. The summed E-state index contributed by atoms with van der Waals surface area (Å²) in [6.07, 6.45) is 1.89. The van der Waals surface area contributed by atoms with Gasteiger partial charge in [-0.15, -0.1) is 0 Å². The Bertz CT molecular complexity index is 1270. The van der Waals surface area contributed by atoms with Gasteiger partial charge in [0.1, 0.15) is 0 Å². The third-order valence-corrected chi connectivity index (χ3v) is 5.29. The molecule has 5 aromatic rings. The van der Waals surface area contributed by atoms with Gasteiger partial charge >= 0.3 is 0 Å². The number of hydrogen-bond acceptors (Lipinski definition) is 1. The summed E-state index contributed by atoms with van der Waals surface area (Å²) in [6.45, 7) is 0. The Labute approximate surface area is 162 Å². The Balaban J connectivity index is 1.57. The number of benzene rings is 4. The molecule has 0 radical (unpaired) electrons. The van der Waals surface area contributed by atoms with Crippen molar-refractivity contribution < 1.29 is 0 Å². The van der Waals surface area contributed by atoms with E-state index in [1.165, 1.54) is 21.9 Å². The van der Waals surface area contributed by atoms with Crippen LogP contribution in [0, 0.1) is 0 Å². The molecule has 1 nitrogen and oxygen atoms in total. The molecule has 0 fully saturated rings. The SMILES string of the molecule is Clc1cccc2cc(-c3ccc(-c4cccc5ccccc45)cc3)cnc12. The van der Waals surface area contributed by atoms with Crippen molar-refractivity contribution in [2.24, 2.45) is 0 Å². The van der Waals surface area contributed by atoms with Crippen LogP contribution in [0.25, 0.3) is 43.9 Å². The number of para-hydroxylation sites is 1. The van der Waals surface area contributed by atoms with Gasteiger partial charge in [0.2, 0.25) is 0 Å². The van der Waals surface area contributed by atoms with E-state index in [0.29, 0.717) is 5.02 Å². The molecule has 0 amide bonds. The maximum atomic E-state index is 6.23. The Kier molecular flexibility index (Phi) is 3.88. The van der Waals surface area contributed by atoms with Crippen LogP contribution in [0.5, 0.6) is 0 Å². The molecule has 1 aromatic heterocycles. The van der Waals surface area contributed by atoms with Gasteiger partial charge in [0.05, 0.1) is 10.5 Å². The molecule has 4 aromatic carbocycles. The Hall–Kier alpha value is -3.16. The highest BCUT2D eigenvalue weighted by Gasteiger charge is 2.06. The fraction of sp³-hybridized carbons (Fsp3) is 0. The molecule has 0 unspecified atom stereocenters. The molecule has 0 N–H and O–H groups in total. The van der Waals surface area contributed by atoms with Gasteiger partial charge in [0.15, 0.2) is 0 Å². The molecule has 0 spiro atoms. The lowest BCUT2D eigenvalue weighted by molar-refractivity contribution is 1.41. The first-order chi connectivity index (χ1) is 13.3. The fourth-order valence-corrected chi connectivity index (χ4v) is 3.83. The predicted octanol–water partition coefficient (Wildman–Crippen LogP) is 7.38. The van der Waals surface area contributed by atoms with Crippen molar-refractivity contribution in [3.63, 3.8) is 0 Å². The number of fused-ring (bicyclic) bond motifs is 2. The minimum Gasteiger partial charge on any atom is -0.254 e. The van der Waals surface area contributed by atoms with Gasteiger partial charge in [-0.25, -0.2) is 0 Å². The van der Waals surface area contributed by atoms with E-state index in [2.05, 4.69) is 77.8 Å². The number of halogens is 1. The summed E-state index contributed by atoms with van der Waals surface area (Å²) in [5.74, 6) is 0. The van der Waals surface area contributed by atoms with E-state index in [9.17, 15) is 0 Å². The smallest absolute Gasteiger partial charge is 0.0888 e. The number of nitrogens with zero attached hydrogens (tertiary/aromatic N) is 1. The molecule has 5 rings (SSSR count). The molecule has 0 aliphatic rings. The summed E-state index contributed by atoms with van der Waals surface area (Å²) in [6, 6.07) is 31.6. The van der Waals surface area contributed by atoms with Crippen molar-refractivity contribution in [3.05, 3.63) is 102 Å². The Morgan fingerprint density at radius 1 is 0.593 bits per heavy atom. The predicted molar refractivity (Wildman–Crippen MR) is 115 cm³/mol. The second-order valence-electron chi connectivity index (χ2n) is 6.64. The highest BCUT2D eigenvalue weighted by atomic mass is 35.5.